The van der Waals surface area contributed by atoms with Gasteiger partial charge in [-0.1, -0.05) is 0 Å². The Bertz CT molecular complexity index is 496. The summed E-state index contributed by atoms with van der Waals surface area (Å²) in [6.45, 7) is 3.43. The van der Waals surface area contributed by atoms with Crippen molar-refractivity contribution in [2.75, 3.05) is 19.7 Å². The minimum Gasteiger partial charge on any atom is -0.450 e. The Morgan fingerprint density at radius 2 is 1.90 bits per heavy atom. The van der Waals surface area contributed by atoms with Crippen LogP contribution in [-0.2, 0) is 4.74 Å². The van der Waals surface area contributed by atoms with Crippen LogP contribution in [0.4, 0.5) is 4.79 Å². The lowest BCUT2D eigenvalue weighted by Gasteiger charge is -2.31. The molecule has 0 spiro atoms. The van der Waals surface area contributed by atoms with Crippen molar-refractivity contribution in [3.05, 3.63) is 33.4 Å². The standard InChI is InChI=1S/C15H19IN2O3/c1-2-21-15(20)18-9-7-13(8-10-18)17-14(19)11-3-5-12(16)6-4-11/h3-6,13H,2,7-10H2,1H3,(H,17,19). The Kier molecular flexibility index (Phi) is 5.84. The van der Waals surface area contributed by atoms with E-state index in [2.05, 4.69) is 27.9 Å². The maximum Gasteiger partial charge on any atom is 0.409 e. The summed E-state index contributed by atoms with van der Waals surface area (Å²) in [5.41, 5.74) is 0.670. The molecule has 5 nitrogen and oxygen atoms in total. The Morgan fingerprint density at radius 1 is 1.29 bits per heavy atom. The van der Waals surface area contributed by atoms with Gasteiger partial charge in [0.15, 0.2) is 0 Å². The zero-order valence-corrected chi connectivity index (χ0v) is 14.1. The smallest absolute Gasteiger partial charge is 0.409 e. The second-order valence-corrected chi connectivity index (χ2v) is 6.19. The molecule has 1 aliphatic rings. The van der Waals surface area contributed by atoms with E-state index < -0.39 is 0 Å². The van der Waals surface area contributed by atoms with Gasteiger partial charge in [0.2, 0.25) is 0 Å². The van der Waals surface area contributed by atoms with Crippen molar-refractivity contribution >= 4 is 34.6 Å². The highest BCUT2D eigenvalue weighted by atomic mass is 127. The highest BCUT2D eigenvalue weighted by Crippen LogP contribution is 2.13. The number of benzene rings is 1. The second-order valence-electron chi connectivity index (χ2n) is 4.94. The van der Waals surface area contributed by atoms with Crippen molar-refractivity contribution in [2.45, 2.75) is 25.8 Å². The van der Waals surface area contributed by atoms with Gasteiger partial charge < -0.3 is 15.0 Å². The van der Waals surface area contributed by atoms with Gasteiger partial charge >= 0.3 is 6.09 Å². The number of ether oxygens (including phenoxy) is 1. The molecule has 114 valence electrons. The number of nitrogens with one attached hydrogen (secondary N) is 1. The summed E-state index contributed by atoms with van der Waals surface area (Å²) in [6.07, 6.45) is 1.25. The van der Waals surface area contributed by atoms with E-state index in [0.29, 0.717) is 25.3 Å². The van der Waals surface area contributed by atoms with E-state index in [9.17, 15) is 9.59 Å². The summed E-state index contributed by atoms with van der Waals surface area (Å²) in [5, 5.41) is 3.03. The summed E-state index contributed by atoms with van der Waals surface area (Å²) in [7, 11) is 0. The molecule has 0 saturated carbocycles. The Balaban J connectivity index is 1.82. The van der Waals surface area contributed by atoms with Gasteiger partial charge in [0.05, 0.1) is 6.61 Å². The molecule has 0 radical (unpaired) electrons. The number of hydrogen-bond donors (Lipinski definition) is 1. The highest BCUT2D eigenvalue weighted by molar-refractivity contribution is 14.1. The molecule has 1 aromatic rings. The highest BCUT2D eigenvalue weighted by Gasteiger charge is 2.24. The molecule has 0 atom stereocenters. The fourth-order valence-electron chi connectivity index (χ4n) is 2.29. The van der Waals surface area contributed by atoms with Crippen LogP contribution >= 0.6 is 22.6 Å². The van der Waals surface area contributed by atoms with E-state index in [1.54, 1.807) is 11.8 Å². The first-order chi connectivity index (χ1) is 10.1. The number of halogens is 1. The first kappa shape index (κ1) is 16.1. The third kappa shape index (κ3) is 4.59. The minimum atomic E-state index is -0.264. The fraction of sp³-hybridized carbons (Fsp3) is 0.467. The molecule has 2 rings (SSSR count). The van der Waals surface area contributed by atoms with E-state index in [4.69, 9.17) is 4.74 Å². The van der Waals surface area contributed by atoms with Gasteiger partial charge in [0, 0.05) is 28.3 Å². The van der Waals surface area contributed by atoms with E-state index in [1.807, 2.05) is 24.3 Å². The van der Waals surface area contributed by atoms with Crippen LogP contribution in [0, 0.1) is 3.57 Å². The summed E-state index contributed by atoms with van der Waals surface area (Å²) < 4.78 is 6.08. The van der Waals surface area contributed by atoms with E-state index in [-0.39, 0.29) is 18.0 Å². The van der Waals surface area contributed by atoms with Crippen LogP contribution in [0.15, 0.2) is 24.3 Å². The number of rotatable bonds is 3. The molecule has 1 N–H and O–H groups in total. The fourth-order valence-corrected chi connectivity index (χ4v) is 2.65. The quantitative estimate of drug-likeness (QED) is 0.792. The SMILES string of the molecule is CCOC(=O)N1CCC(NC(=O)c2ccc(I)cc2)CC1. The van der Waals surface area contributed by atoms with E-state index >= 15 is 0 Å². The number of carbonyl (C=O) groups excluding carboxylic acids is 2. The number of likely N-dealkylation sites (tertiary alicyclic amines) is 1. The topological polar surface area (TPSA) is 58.6 Å². The summed E-state index contributed by atoms with van der Waals surface area (Å²) in [4.78, 5) is 25.4. The molecule has 0 aliphatic carbocycles. The van der Waals surface area contributed by atoms with Crippen LogP contribution in [0.25, 0.3) is 0 Å². The first-order valence-electron chi connectivity index (χ1n) is 7.08. The zero-order chi connectivity index (χ0) is 15.2. The van der Waals surface area contributed by atoms with Crippen LogP contribution in [0.2, 0.25) is 0 Å². The number of piperidine rings is 1. The number of nitrogens with zero attached hydrogens (tertiary/aromatic N) is 1. The number of hydrogen-bond acceptors (Lipinski definition) is 3. The van der Waals surface area contributed by atoms with Gasteiger partial charge in [0.1, 0.15) is 0 Å². The van der Waals surface area contributed by atoms with Crippen LogP contribution in [0.1, 0.15) is 30.1 Å². The molecular formula is C15H19IN2O3. The molecule has 0 unspecified atom stereocenters. The van der Waals surface area contributed by atoms with E-state index in [1.165, 1.54) is 0 Å². The third-order valence-electron chi connectivity index (χ3n) is 3.46. The zero-order valence-electron chi connectivity index (χ0n) is 12.0. The normalized spacial score (nSPS) is 15.6. The molecule has 2 amide bonds. The maximum absolute atomic E-state index is 12.1. The Labute approximate surface area is 138 Å². The van der Waals surface area contributed by atoms with Crippen LogP contribution < -0.4 is 5.32 Å². The summed E-state index contributed by atoms with van der Waals surface area (Å²) in [5.74, 6) is -0.0546. The monoisotopic (exact) mass is 402 g/mol. The van der Waals surface area contributed by atoms with Crippen molar-refractivity contribution < 1.29 is 14.3 Å². The lowest BCUT2D eigenvalue weighted by Crippen LogP contribution is -2.46. The van der Waals surface area contributed by atoms with Gasteiger partial charge in [-0.3, -0.25) is 4.79 Å². The molecule has 1 fully saturated rings. The van der Waals surface area contributed by atoms with Crippen LogP contribution in [0.3, 0.4) is 0 Å². The average molecular weight is 402 g/mol. The van der Waals surface area contributed by atoms with Gasteiger partial charge in [-0.05, 0) is 66.6 Å². The molecule has 21 heavy (non-hydrogen) atoms. The maximum atomic E-state index is 12.1. The number of carbonyl (C=O) groups is 2. The molecular weight excluding hydrogens is 383 g/mol. The molecule has 6 heteroatoms. The summed E-state index contributed by atoms with van der Waals surface area (Å²) >= 11 is 2.21. The van der Waals surface area contributed by atoms with Gasteiger partial charge in [-0.25, -0.2) is 4.79 Å². The summed E-state index contributed by atoms with van der Waals surface area (Å²) in [6, 6.07) is 7.59. The van der Waals surface area contributed by atoms with Crippen molar-refractivity contribution in [2.24, 2.45) is 0 Å². The average Bonchev–Trinajstić information content (AvgIpc) is 2.49. The predicted octanol–water partition coefficient (Wildman–Crippen LogP) is 2.64. The largest absolute Gasteiger partial charge is 0.450 e. The van der Waals surface area contributed by atoms with Crippen LogP contribution in [0.5, 0.6) is 0 Å². The second kappa shape index (κ2) is 7.63. The predicted molar refractivity (Wildman–Crippen MR) is 88.2 cm³/mol. The minimum absolute atomic E-state index is 0.0546. The molecule has 1 saturated heterocycles. The van der Waals surface area contributed by atoms with Gasteiger partial charge in [0.25, 0.3) is 5.91 Å². The Hall–Kier alpha value is -1.31. The van der Waals surface area contributed by atoms with Gasteiger partial charge in [-0.15, -0.1) is 0 Å². The van der Waals surface area contributed by atoms with Crippen molar-refractivity contribution in [3.63, 3.8) is 0 Å². The van der Waals surface area contributed by atoms with Gasteiger partial charge in [-0.2, -0.15) is 0 Å². The van der Waals surface area contributed by atoms with E-state index in [0.717, 1.165) is 16.4 Å². The number of amides is 2. The lowest BCUT2D eigenvalue weighted by molar-refractivity contribution is 0.0860. The van der Waals surface area contributed by atoms with Crippen molar-refractivity contribution in [1.82, 2.24) is 10.2 Å². The third-order valence-corrected chi connectivity index (χ3v) is 4.18. The lowest BCUT2D eigenvalue weighted by atomic mass is 10.0. The molecule has 1 heterocycles. The molecule has 1 aromatic carbocycles. The molecule has 0 bridgehead atoms. The first-order valence-corrected chi connectivity index (χ1v) is 8.16. The Morgan fingerprint density at radius 3 is 2.48 bits per heavy atom. The van der Waals surface area contributed by atoms with Crippen molar-refractivity contribution in [1.29, 1.82) is 0 Å². The van der Waals surface area contributed by atoms with Crippen LogP contribution in [-0.4, -0.2) is 42.6 Å². The van der Waals surface area contributed by atoms with Crippen molar-refractivity contribution in [3.8, 4) is 0 Å². The molecule has 1 aliphatic heterocycles. The molecule has 0 aromatic heterocycles.